The standard InChI is InChI=1S/C19H29N3O3S/c1-15(23)21-9-2-4-17(14-21)22(16-6-11-25-12-7-16)10-8-20-19(24)18-5-3-13-26-18/h3,5,13,16-17H,2,4,6-12,14H2,1H3,(H,20,24). The summed E-state index contributed by atoms with van der Waals surface area (Å²) in [7, 11) is 0. The molecule has 2 aliphatic heterocycles. The molecule has 0 spiro atoms. The molecule has 3 heterocycles. The molecule has 26 heavy (non-hydrogen) atoms. The molecule has 0 radical (unpaired) electrons. The van der Waals surface area contributed by atoms with Crippen molar-refractivity contribution in [2.75, 3.05) is 39.4 Å². The van der Waals surface area contributed by atoms with Crippen molar-refractivity contribution in [1.82, 2.24) is 15.1 Å². The van der Waals surface area contributed by atoms with E-state index < -0.39 is 0 Å². The average Bonchev–Trinajstić information content (AvgIpc) is 3.21. The lowest BCUT2D eigenvalue weighted by atomic mass is 9.98. The second-order valence-electron chi connectivity index (χ2n) is 7.08. The SMILES string of the molecule is CC(=O)N1CCCC(N(CCNC(=O)c2cccs2)C2CCOCC2)C1. The Hall–Kier alpha value is -1.44. The Morgan fingerprint density at radius 3 is 2.81 bits per heavy atom. The molecular formula is C19H29N3O3S. The van der Waals surface area contributed by atoms with Crippen LogP contribution in [0.25, 0.3) is 0 Å². The monoisotopic (exact) mass is 379 g/mol. The van der Waals surface area contributed by atoms with Gasteiger partial charge >= 0.3 is 0 Å². The largest absolute Gasteiger partial charge is 0.381 e. The molecule has 1 aromatic rings. The van der Waals surface area contributed by atoms with Gasteiger partial charge in [0.1, 0.15) is 0 Å². The Morgan fingerprint density at radius 1 is 1.31 bits per heavy atom. The number of hydrogen-bond acceptors (Lipinski definition) is 5. The molecule has 2 fully saturated rings. The number of amides is 2. The normalized spacial score (nSPS) is 21.8. The lowest BCUT2D eigenvalue weighted by molar-refractivity contribution is -0.131. The second-order valence-corrected chi connectivity index (χ2v) is 8.02. The third kappa shape index (κ3) is 5.05. The van der Waals surface area contributed by atoms with E-state index in [2.05, 4.69) is 10.2 Å². The summed E-state index contributed by atoms with van der Waals surface area (Å²) < 4.78 is 5.53. The van der Waals surface area contributed by atoms with Gasteiger partial charge in [0.15, 0.2) is 0 Å². The second kappa shape index (κ2) is 9.48. The van der Waals surface area contributed by atoms with Crippen molar-refractivity contribution < 1.29 is 14.3 Å². The van der Waals surface area contributed by atoms with Gasteiger partial charge in [-0.05, 0) is 37.1 Å². The Labute approximate surface area is 159 Å². The fourth-order valence-electron chi connectivity index (χ4n) is 3.98. The Bertz CT molecular complexity index is 587. The number of nitrogens with one attached hydrogen (secondary N) is 1. The summed E-state index contributed by atoms with van der Waals surface area (Å²) in [5, 5.41) is 4.96. The van der Waals surface area contributed by atoms with Gasteiger partial charge in [0.05, 0.1) is 4.88 Å². The van der Waals surface area contributed by atoms with Crippen molar-refractivity contribution in [3.05, 3.63) is 22.4 Å². The highest BCUT2D eigenvalue weighted by atomic mass is 32.1. The fourth-order valence-corrected chi connectivity index (χ4v) is 4.63. The molecule has 2 saturated heterocycles. The number of carbonyl (C=O) groups is 2. The van der Waals surface area contributed by atoms with Gasteiger partial charge in [0, 0.05) is 58.4 Å². The summed E-state index contributed by atoms with van der Waals surface area (Å²) in [6.45, 7) is 6.36. The molecule has 0 bridgehead atoms. The van der Waals surface area contributed by atoms with Crippen molar-refractivity contribution >= 4 is 23.2 Å². The smallest absolute Gasteiger partial charge is 0.261 e. The van der Waals surface area contributed by atoms with E-state index in [1.807, 2.05) is 22.4 Å². The van der Waals surface area contributed by atoms with Gasteiger partial charge in [-0.25, -0.2) is 0 Å². The number of likely N-dealkylation sites (tertiary alicyclic amines) is 1. The van der Waals surface area contributed by atoms with Crippen LogP contribution in [0.3, 0.4) is 0 Å². The molecule has 1 aromatic heterocycles. The van der Waals surface area contributed by atoms with Crippen molar-refractivity contribution in [3.63, 3.8) is 0 Å². The number of piperidine rings is 1. The highest BCUT2D eigenvalue weighted by Gasteiger charge is 2.31. The Morgan fingerprint density at radius 2 is 2.12 bits per heavy atom. The number of nitrogens with zero attached hydrogens (tertiary/aromatic N) is 2. The topological polar surface area (TPSA) is 61.9 Å². The number of thiophene rings is 1. The van der Waals surface area contributed by atoms with Crippen molar-refractivity contribution in [2.45, 2.75) is 44.7 Å². The molecule has 0 aromatic carbocycles. The highest BCUT2D eigenvalue weighted by Crippen LogP contribution is 2.23. The molecule has 1 unspecified atom stereocenters. The quantitative estimate of drug-likeness (QED) is 0.821. The molecule has 144 valence electrons. The predicted octanol–water partition coefficient (Wildman–Crippen LogP) is 1.97. The zero-order valence-corrected chi connectivity index (χ0v) is 16.3. The molecule has 1 atom stereocenters. The maximum atomic E-state index is 12.2. The van der Waals surface area contributed by atoms with Crippen LogP contribution in [-0.2, 0) is 9.53 Å². The Kier molecular flexibility index (Phi) is 7.05. The number of carbonyl (C=O) groups excluding carboxylic acids is 2. The van der Waals surface area contributed by atoms with E-state index in [9.17, 15) is 9.59 Å². The fraction of sp³-hybridized carbons (Fsp3) is 0.684. The Balaban J connectivity index is 1.59. The van der Waals surface area contributed by atoms with Crippen molar-refractivity contribution in [1.29, 1.82) is 0 Å². The molecule has 1 N–H and O–H groups in total. The third-order valence-corrected chi connectivity index (χ3v) is 6.24. The van der Waals surface area contributed by atoms with Crippen LogP contribution in [0.5, 0.6) is 0 Å². The van der Waals surface area contributed by atoms with Gasteiger partial charge in [-0.1, -0.05) is 6.07 Å². The third-order valence-electron chi connectivity index (χ3n) is 5.37. The van der Waals surface area contributed by atoms with Gasteiger partial charge < -0.3 is 15.0 Å². The van der Waals surface area contributed by atoms with Gasteiger partial charge in [-0.15, -0.1) is 11.3 Å². The van der Waals surface area contributed by atoms with Crippen LogP contribution in [0.1, 0.15) is 42.3 Å². The van der Waals surface area contributed by atoms with Crippen LogP contribution in [0, 0.1) is 0 Å². The minimum Gasteiger partial charge on any atom is -0.381 e. The van der Waals surface area contributed by atoms with Crippen LogP contribution in [0.15, 0.2) is 17.5 Å². The maximum absolute atomic E-state index is 12.2. The van der Waals surface area contributed by atoms with E-state index in [-0.39, 0.29) is 11.8 Å². The summed E-state index contributed by atoms with van der Waals surface area (Å²) in [5.74, 6) is 0.161. The first kappa shape index (κ1) is 19.3. The molecule has 0 saturated carbocycles. The van der Waals surface area contributed by atoms with Crippen LogP contribution in [0.4, 0.5) is 0 Å². The van der Waals surface area contributed by atoms with Gasteiger partial charge in [0.2, 0.25) is 5.91 Å². The molecule has 6 nitrogen and oxygen atoms in total. The molecule has 7 heteroatoms. The zero-order valence-electron chi connectivity index (χ0n) is 15.5. The zero-order chi connectivity index (χ0) is 18.4. The average molecular weight is 380 g/mol. The van der Waals surface area contributed by atoms with Crippen molar-refractivity contribution in [3.8, 4) is 0 Å². The summed E-state index contributed by atoms with van der Waals surface area (Å²) >= 11 is 1.46. The molecule has 2 aliphatic rings. The summed E-state index contributed by atoms with van der Waals surface area (Å²) in [4.78, 5) is 29.2. The summed E-state index contributed by atoms with van der Waals surface area (Å²) in [6, 6.07) is 4.59. The van der Waals surface area contributed by atoms with Crippen LogP contribution in [0.2, 0.25) is 0 Å². The van der Waals surface area contributed by atoms with E-state index in [1.165, 1.54) is 11.3 Å². The van der Waals surface area contributed by atoms with Crippen LogP contribution >= 0.6 is 11.3 Å². The number of ether oxygens (including phenoxy) is 1. The first-order valence-corrected chi connectivity index (χ1v) is 10.4. The van der Waals surface area contributed by atoms with E-state index >= 15 is 0 Å². The molecule has 2 amide bonds. The van der Waals surface area contributed by atoms with E-state index in [1.54, 1.807) is 6.92 Å². The molecule has 3 rings (SSSR count). The van der Waals surface area contributed by atoms with E-state index in [0.717, 1.165) is 63.4 Å². The lowest BCUT2D eigenvalue weighted by Crippen LogP contribution is -2.55. The first-order chi connectivity index (χ1) is 12.6. The molecule has 0 aliphatic carbocycles. The van der Waals surface area contributed by atoms with E-state index in [4.69, 9.17) is 4.74 Å². The van der Waals surface area contributed by atoms with Gasteiger partial charge in [-0.3, -0.25) is 14.5 Å². The lowest BCUT2D eigenvalue weighted by Gasteiger charge is -2.44. The maximum Gasteiger partial charge on any atom is 0.261 e. The molecular weight excluding hydrogens is 350 g/mol. The van der Waals surface area contributed by atoms with Gasteiger partial charge in [0.25, 0.3) is 5.91 Å². The number of hydrogen-bond donors (Lipinski definition) is 1. The van der Waals surface area contributed by atoms with E-state index in [0.29, 0.717) is 18.6 Å². The predicted molar refractivity (Wildman–Crippen MR) is 102 cm³/mol. The van der Waals surface area contributed by atoms with Crippen LogP contribution in [-0.4, -0.2) is 73.1 Å². The number of rotatable bonds is 6. The minimum absolute atomic E-state index is 0.000865. The van der Waals surface area contributed by atoms with Gasteiger partial charge in [-0.2, -0.15) is 0 Å². The summed E-state index contributed by atoms with van der Waals surface area (Å²) in [5.41, 5.74) is 0. The van der Waals surface area contributed by atoms with Crippen molar-refractivity contribution in [2.24, 2.45) is 0 Å². The minimum atomic E-state index is 0.000865. The van der Waals surface area contributed by atoms with Crippen LogP contribution < -0.4 is 5.32 Å². The first-order valence-electron chi connectivity index (χ1n) is 9.56. The summed E-state index contributed by atoms with van der Waals surface area (Å²) in [6.07, 6.45) is 4.20. The highest BCUT2D eigenvalue weighted by molar-refractivity contribution is 7.12.